The number of unbranched alkanes of at least 4 members (excludes halogenated alkanes) is 4. The van der Waals surface area contributed by atoms with Crippen LogP contribution in [0.25, 0.3) is 6.08 Å². The molecule has 1 aromatic rings. The number of rotatable bonds is 15. The Morgan fingerprint density at radius 2 is 1.73 bits per heavy atom. The van der Waals surface area contributed by atoms with Crippen LogP contribution in [0, 0.1) is 0 Å². The van der Waals surface area contributed by atoms with Gasteiger partial charge in [0.05, 0.1) is 26.2 Å². The van der Waals surface area contributed by atoms with Crippen molar-refractivity contribution in [3.05, 3.63) is 59.6 Å². The van der Waals surface area contributed by atoms with Crippen molar-refractivity contribution >= 4 is 18.1 Å². The van der Waals surface area contributed by atoms with Crippen LogP contribution in [0.4, 0.5) is 4.79 Å². The van der Waals surface area contributed by atoms with Crippen molar-refractivity contribution in [2.75, 3.05) is 27.3 Å². The number of carbonyl (C=O) groups is 2. The summed E-state index contributed by atoms with van der Waals surface area (Å²) in [6.45, 7) is 4.97. The minimum Gasteiger partial charge on any atom is -0.505 e. The quantitative estimate of drug-likeness (QED) is 0.210. The van der Waals surface area contributed by atoms with Gasteiger partial charge in [0.2, 0.25) is 5.91 Å². The molecule has 0 heterocycles. The van der Waals surface area contributed by atoms with Crippen molar-refractivity contribution in [3.63, 3.8) is 0 Å². The Kier molecular flexibility index (Phi) is 14.6. The van der Waals surface area contributed by atoms with Crippen molar-refractivity contribution in [1.29, 1.82) is 0 Å². The van der Waals surface area contributed by atoms with Gasteiger partial charge in [-0.25, -0.2) is 4.79 Å². The van der Waals surface area contributed by atoms with Crippen LogP contribution in [0.5, 0.6) is 5.75 Å². The number of methoxy groups -OCH3 is 2. The highest BCUT2D eigenvalue weighted by Gasteiger charge is 2.09. The van der Waals surface area contributed by atoms with Gasteiger partial charge in [-0.05, 0) is 55.7 Å². The van der Waals surface area contributed by atoms with Gasteiger partial charge in [0.25, 0.3) is 0 Å². The van der Waals surface area contributed by atoms with Gasteiger partial charge in [0, 0.05) is 18.7 Å². The van der Waals surface area contributed by atoms with E-state index in [9.17, 15) is 9.59 Å². The van der Waals surface area contributed by atoms with E-state index >= 15 is 0 Å². The number of amides is 2. The molecule has 0 saturated carbocycles. The molecule has 182 valence electrons. The van der Waals surface area contributed by atoms with Gasteiger partial charge < -0.3 is 24.8 Å². The molecule has 0 spiro atoms. The second-order valence-electron chi connectivity index (χ2n) is 7.51. The summed E-state index contributed by atoms with van der Waals surface area (Å²) in [5, 5.41) is 5.60. The van der Waals surface area contributed by atoms with Crippen LogP contribution in [0.15, 0.2) is 54.0 Å². The molecule has 7 heteroatoms. The van der Waals surface area contributed by atoms with Crippen LogP contribution in [-0.4, -0.2) is 39.3 Å². The zero-order valence-corrected chi connectivity index (χ0v) is 20.3. The minimum absolute atomic E-state index is 0.186. The fourth-order valence-corrected chi connectivity index (χ4v) is 2.86. The Balaban J connectivity index is 2.70. The van der Waals surface area contributed by atoms with Crippen molar-refractivity contribution in [2.45, 2.75) is 52.4 Å². The molecule has 2 amide bonds. The summed E-state index contributed by atoms with van der Waals surface area (Å²) in [6.07, 6.45) is 12.5. The normalized spacial score (nSPS) is 11.9. The van der Waals surface area contributed by atoms with E-state index < -0.39 is 6.09 Å². The fraction of sp³-hybridized carbons (Fsp3) is 0.462. The summed E-state index contributed by atoms with van der Waals surface area (Å²) in [4.78, 5) is 24.6. The second-order valence-corrected chi connectivity index (χ2v) is 7.51. The molecule has 0 fully saturated rings. The molecule has 0 saturated heterocycles. The van der Waals surface area contributed by atoms with Crippen LogP contribution in [0.2, 0.25) is 0 Å². The van der Waals surface area contributed by atoms with Gasteiger partial charge in [0.15, 0.2) is 0 Å². The lowest BCUT2D eigenvalue weighted by Crippen LogP contribution is -2.27. The largest absolute Gasteiger partial charge is 0.505 e. The summed E-state index contributed by atoms with van der Waals surface area (Å²) >= 11 is 0. The van der Waals surface area contributed by atoms with Crippen molar-refractivity contribution in [1.82, 2.24) is 10.6 Å². The number of hydrogen-bond donors (Lipinski definition) is 2. The average molecular weight is 459 g/mol. The summed E-state index contributed by atoms with van der Waals surface area (Å²) in [7, 11) is 3.14. The SMILES string of the molecule is CCCCCCCNC(=O)Oc1ccc(/C=C(\C/C=C(\C)OC)C(=O)NC/C=C/OC)cc1. The van der Waals surface area contributed by atoms with E-state index in [2.05, 4.69) is 17.6 Å². The molecule has 7 nitrogen and oxygen atoms in total. The number of allylic oxidation sites excluding steroid dienone is 2. The zero-order valence-electron chi connectivity index (χ0n) is 20.3. The first-order valence-corrected chi connectivity index (χ1v) is 11.4. The van der Waals surface area contributed by atoms with E-state index in [4.69, 9.17) is 14.2 Å². The maximum absolute atomic E-state index is 12.6. The smallest absolute Gasteiger partial charge is 0.412 e. The first-order chi connectivity index (χ1) is 16.0. The first kappa shape index (κ1) is 27.8. The highest BCUT2D eigenvalue weighted by Crippen LogP contribution is 2.17. The third-order valence-corrected chi connectivity index (χ3v) is 4.82. The molecule has 0 aliphatic carbocycles. The maximum atomic E-state index is 12.6. The fourth-order valence-electron chi connectivity index (χ4n) is 2.86. The topological polar surface area (TPSA) is 85.9 Å². The monoisotopic (exact) mass is 458 g/mol. The van der Waals surface area contributed by atoms with Crippen LogP contribution in [0.3, 0.4) is 0 Å². The number of carbonyl (C=O) groups excluding carboxylic acids is 2. The number of nitrogens with one attached hydrogen (secondary N) is 2. The Morgan fingerprint density at radius 1 is 1.00 bits per heavy atom. The van der Waals surface area contributed by atoms with Gasteiger partial charge >= 0.3 is 6.09 Å². The molecular weight excluding hydrogens is 420 g/mol. The van der Waals surface area contributed by atoms with E-state index in [0.29, 0.717) is 30.8 Å². The van der Waals surface area contributed by atoms with Gasteiger partial charge in [0.1, 0.15) is 5.75 Å². The highest BCUT2D eigenvalue weighted by atomic mass is 16.6. The third kappa shape index (κ3) is 13.0. The van der Waals surface area contributed by atoms with Crippen LogP contribution in [-0.2, 0) is 14.3 Å². The second kappa shape index (κ2) is 17.3. The van der Waals surface area contributed by atoms with Crippen LogP contribution in [0.1, 0.15) is 57.9 Å². The predicted octanol–water partition coefficient (Wildman–Crippen LogP) is 5.35. The van der Waals surface area contributed by atoms with Crippen molar-refractivity contribution < 1.29 is 23.8 Å². The minimum atomic E-state index is -0.460. The van der Waals surface area contributed by atoms with Crippen molar-refractivity contribution in [3.8, 4) is 5.75 Å². The first-order valence-electron chi connectivity index (χ1n) is 11.4. The molecule has 0 radical (unpaired) electrons. The Morgan fingerprint density at radius 3 is 2.39 bits per heavy atom. The van der Waals surface area contributed by atoms with E-state index in [1.54, 1.807) is 50.6 Å². The van der Waals surface area contributed by atoms with Gasteiger partial charge in [-0.3, -0.25) is 4.79 Å². The lowest BCUT2D eigenvalue weighted by atomic mass is 10.1. The maximum Gasteiger partial charge on any atom is 0.412 e. The summed E-state index contributed by atoms with van der Waals surface area (Å²) in [6, 6.07) is 7.02. The molecule has 0 aliphatic rings. The third-order valence-electron chi connectivity index (χ3n) is 4.82. The Bertz CT molecular complexity index is 797. The highest BCUT2D eigenvalue weighted by molar-refractivity contribution is 5.98. The molecule has 0 aromatic heterocycles. The molecule has 33 heavy (non-hydrogen) atoms. The molecule has 0 unspecified atom stereocenters. The number of hydrogen-bond acceptors (Lipinski definition) is 5. The average Bonchev–Trinajstić information content (AvgIpc) is 2.82. The van der Waals surface area contributed by atoms with E-state index in [-0.39, 0.29) is 5.91 Å². The van der Waals surface area contributed by atoms with E-state index in [1.807, 2.05) is 13.0 Å². The Labute approximate surface area is 197 Å². The predicted molar refractivity (Wildman–Crippen MR) is 132 cm³/mol. The van der Waals surface area contributed by atoms with Crippen molar-refractivity contribution in [2.24, 2.45) is 0 Å². The van der Waals surface area contributed by atoms with Crippen LogP contribution < -0.4 is 15.4 Å². The molecular formula is C26H38N2O5. The lowest BCUT2D eigenvalue weighted by molar-refractivity contribution is -0.117. The number of ether oxygens (including phenoxy) is 3. The molecule has 0 atom stereocenters. The molecule has 2 N–H and O–H groups in total. The van der Waals surface area contributed by atoms with E-state index in [0.717, 1.165) is 24.2 Å². The van der Waals surface area contributed by atoms with Gasteiger partial charge in [-0.15, -0.1) is 0 Å². The van der Waals surface area contributed by atoms with Gasteiger partial charge in [-0.1, -0.05) is 44.7 Å². The summed E-state index contributed by atoms with van der Waals surface area (Å²) in [5.41, 5.74) is 1.39. The molecule has 1 rings (SSSR count). The standard InChI is InChI=1S/C26H38N2O5/c1-5-6-7-8-9-17-28-26(30)33-24-15-12-22(13-16-24)20-23(14-11-21(2)32-4)25(29)27-18-10-19-31-3/h10-13,15-16,19-20H,5-9,14,17-18H2,1-4H3,(H,27,29)(H,28,30)/b19-10+,21-11+,23-20+. The molecule has 0 aliphatic heterocycles. The van der Waals surface area contributed by atoms with E-state index in [1.165, 1.54) is 25.5 Å². The van der Waals surface area contributed by atoms with Gasteiger partial charge in [-0.2, -0.15) is 0 Å². The Hall–Kier alpha value is -3.22. The van der Waals surface area contributed by atoms with Crippen LogP contribution >= 0.6 is 0 Å². The lowest BCUT2D eigenvalue weighted by Gasteiger charge is -2.08. The molecule has 0 bridgehead atoms. The zero-order chi connectivity index (χ0) is 24.3. The number of benzene rings is 1. The molecule has 1 aromatic carbocycles. The summed E-state index contributed by atoms with van der Waals surface area (Å²) in [5.74, 6) is 0.990. The summed E-state index contributed by atoms with van der Waals surface area (Å²) < 4.78 is 15.3.